The molecule has 0 bridgehead atoms. The summed E-state index contributed by atoms with van der Waals surface area (Å²) >= 11 is 0. The number of pyridine rings is 1. The van der Waals surface area contributed by atoms with Gasteiger partial charge in [-0.15, -0.1) is 0 Å². The van der Waals surface area contributed by atoms with Crippen LogP contribution in [0.3, 0.4) is 0 Å². The minimum Gasteiger partial charge on any atom is -0.474 e. The third-order valence-corrected chi connectivity index (χ3v) is 3.30. The van der Waals surface area contributed by atoms with E-state index in [0.717, 1.165) is 30.1 Å². The standard InChI is InChI=1S/C14H15N3O3/c1-4-12(15-9-10(1)14-18-7-8-19-14)17-13(5-6-16-17)20-11-2-3-11/h1,4-6,9,11,14H,2-3,7-8H2. The summed E-state index contributed by atoms with van der Waals surface area (Å²) in [5.41, 5.74) is 0.920. The van der Waals surface area contributed by atoms with Gasteiger partial charge in [-0.2, -0.15) is 9.78 Å². The summed E-state index contributed by atoms with van der Waals surface area (Å²) in [6, 6.07) is 5.70. The Morgan fingerprint density at radius 2 is 2.00 bits per heavy atom. The van der Waals surface area contributed by atoms with E-state index in [4.69, 9.17) is 14.2 Å². The molecule has 6 heteroatoms. The molecular formula is C14H15N3O3. The predicted molar refractivity (Wildman–Crippen MR) is 69.7 cm³/mol. The monoisotopic (exact) mass is 273 g/mol. The fourth-order valence-corrected chi connectivity index (χ4v) is 2.12. The first kappa shape index (κ1) is 11.9. The van der Waals surface area contributed by atoms with Gasteiger partial charge >= 0.3 is 0 Å². The highest BCUT2D eigenvalue weighted by Crippen LogP contribution is 2.28. The summed E-state index contributed by atoms with van der Waals surface area (Å²) in [7, 11) is 0. The summed E-state index contributed by atoms with van der Waals surface area (Å²) in [6.45, 7) is 1.26. The zero-order valence-electron chi connectivity index (χ0n) is 10.9. The number of ether oxygens (including phenoxy) is 3. The molecule has 0 atom stereocenters. The molecule has 2 fully saturated rings. The first-order valence-corrected chi connectivity index (χ1v) is 6.80. The lowest BCUT2D eigenvalue weighted by molar-refractivity contribution is -0.0443. The molecule has 1 saturated heterocycles. The van der Waals surface area contributed by atoms with Crippen molar-refractivity contribution in [2.75, 3.05) is 13.2 Å². The van der Waals surface area contributed by atoms with Crippen LogP contribution in [-0.2, 0) is 9.47 Å². The van der Waals surface area contributed by atoms with E-state index >= 15 is 0 Å². The normalized spacial score (nSPS) is 19.4. The third kappa shape index (κ3) is 2.28. The van der Waals surface area contributed by atoms with E-state index in [1.807, 2.05) is 18.2 Å². The topological polar surface area (TPSA) is 58.4 Å². The van der Waals surface area contributed by atoms with Crippen LogP contribution in [0.2, 0.25) is 0 Å². The van der Waals surface area contributed by atoms with Gasteiger partial charge in [-0.25, -0.2) is 4.98 Å². The van der Waals surface area contributed by atoms with Gasteiger partial charge in [0.1, 0.15) is 6.10 Å². The molecule has 2 aromatic rings. The Balaban J connectivity index is 1.57. The van der Waals surface area contributed by atoms with Crippen LogP contribution in [0.4, 0.5) is 0 Å². The third-order valence-electron chi connectivity index (χ3n) is 3.30. The lowest BCUT2D eigenvalue weighted by Crippen LogP contribution is -2.07. The molecule has 0 N–H and O–H groups in total. The SMILES string of the molecule is c1cc(OC2CC2)n(-c2ccc(C3OCCO3)cn2)n1. The molecule has 3 heterocycles. The lowest BCUT2D eigenvalue weighted by atomic mass is 10.3. The highest BCUT2D eigenvalue weighted by Gasteiger charge is 2.25. The molecule has 1 aliphatic carbocycles. The molecule has 0 unspecified atom stereocenters. The molecule has 4 rings (SSSR count). The molecule has 0 radical (unpaired) electrons. The van der Waals surface area contributed by atoms with Gasteiger partial charge in [0, 0.05) is 17.8 Å². The van der Waals surface area contributed by atoms with Crippen molar-refractivity contribution in [1.29, 1.82) is 0 Å². The quantitative estimate of drug-likeness (QED) is 0.851. The Hall–Kier alpha value is -1.92. The summed E-state index contributed by atoms with van der Waals surface area (Å²) in [6.07, 6.45) is 5.76. The van der Waals surface area contributed by atoms with E-state index in [-0.39, 0.29) is 6.29 Å². The molecule has 0 amide bonds. The molecule has 0 aromatic carbocycles. The van der Waals surface area contributed by atoms with E-state index in [1.54, 1.807) is 17.1 Å². The van der Waals surface area contributed by atoms with Crippen molar-refractivity contribution in [3.05, 3.63) is 36.2 Å². The van der Waals surface area contributed by atoms with Crippen LogP contribution < -0.4 is 4.74 Å². The van der Waals surface area contributed by atoms with E-state index in [2.05, 4.69) is 10.1 Å². The van der Waals surface area contributed by atoms with Crippen molar-refractivity contribution in [3.63, 3.8) is 0 Å². The minimum absolute atomic E-state index is 0.295. The van der Waals surface area contributed by atoms with Crippen molar-refractivity contribution >= 4 is 0 Å². The molecule has 20 heavy (non-hydrogen) atoms. The van der Waals surface area contributed by atoms with Gasteiger partial charge in [-0.3, -0.25) is 0 Å². The number of hydrogen-bond donors (Lipinski definition) is 0. The second kappa shape index (κ2) is 4.88. The van der Waals surface area contributed by atoms with Gasteiger partial charge < -0.3 is 14.2 Å². The van der Waals surface area contributed by atoms with Gasteiger partial charge in [0.15, 0.2) is 12.1 Å². The van der Waals surface area contributed by atoms with Crippen LogP contribution in [-0.4, -0.2) is 34.1 Å². The zero-order valence-corrected chi connectivity index (χ0v) is 10.9. The number of nitrogens with zero attached hydrogens (tertiary/aromatic N) is 3. The van der Waals surface area contributed by atoms with Crippen LogP contribution in [0.25, 0.3) is 5.82 Å². The van der Waals surface area contributed by atoms with Crippen LogP contribution in [0, 0.1) is 0 Å². The molecule has 1 aliphatic heterocycles. The van der Waals surface area contributed by atoms with Gasteiger partial charge in [-0.1, -0.05) is 0 Å². The maximum absolute atomic E-state index is 5.79. The summed E-state index contributed by atoms with van der Waals surface area (Å²) in [5, 5.41) is 4.26. The van der Waals surface area contributed by atoms with Gasteiger partial charge in [0.05, 0.1) is 19.4 Å². The maximum atomic E-state index is 5.79. The first-order chi connectivity index (χ1) is 9.90. The molecule has 2 aliphatic rings. The van der Waals surface area contributed by atoms with Crippen molar-refractivity contribution in [1.82, 2.24) is 14.8 Å². The van der Waals surface area contributed by atoms with Crippen LogP contribution in [0.5, 0.6) is 5.88 Å². The molecular weight excluding hydrogens is 258 g/mol. The Bertz CT molecular complexity index is 586. The van der Waals surface area contributed by atoms with Gasteiger partial charge in [0.25, 0.3) is 0 Å². The highest BCUT2D eigenvalue weighted by molar-refractivity contribution is 5.30. The first-order valence-electron chi connectivity index (χ1n) is 6.80. The molecule has 0 spiro atoms. The summed E-state index contributed by atoms with van der Waals surface area (Å²) in [5.74, 6) is 1.47. The second-order valence-corrected chi connectivity index (χ2v) is 4.92. The van der Waals surface area contributed by atoms with Crippen molar-refractivity contribution < 1.29 is 14.2 Å². The molecule has 6 nitrogen and oxygen atoms in total. The van der Waals surface area contributed by atoms with Gasteiger partial charge in [0.2, 0.25) is 5.88 Å². The van der Waals surface area contributed by atoms with E-state index < -0.39 is 0 Å². The highest BCUT2D eigenvalue weighted by atomic mass is 16.7. The smallest absolute Gasteiger partial charge is 0.218 e. The van der Waals surface area contributed by atoms with E-state index in [9.17, 15) is 0 Å². The Morgan fingerprint density at radius 3 is 2.70 bits per heavy atom. The second-order valence-electron chi connectivity index (χ2n) is 4.92. The van der Waals surface area contributed by atoms with E-state index in [1.165, 1.54) is 0 Å². The van der Waals surface area contributed by atoms with Crippen LogP contribution in [0.1, 0.15) is 24.7 Å². The van der Waals surface area contributed by atoms with Crippen molar-refractivity contribution in [3.8, 4) is 11.7 Å². The fraction of sp³-hybridized carbons (Fsp3) is 0.429. The Morgan fingerprint density at radius 1 is 1.15 bits per heavy atom. The average Bonchev–Trinajstić information content (AvgIpc) is 2.95. The summed E-state index contributed by atoms with van der Waals surface area (Å²) in [4.78, 5) is 4.41. The Kier molecular flexibility index (Phi) is 2.90. The predicted octanol–water partition coefficient (Wildman–Crippen LogP) is 1.85. The fourth-order valence-electron chi connectivity index (χ4n) is 2.12. The van der Waals surface area contributed by atoms with Crippen molar-refractivity contribution in [2.24, 2.45) is 0 Å². The molecule has 1 saturated carbocycles. The zero-order chi connectivity index (χ0) is 13.4. The largest absolute Gasteiger partial charge is 0.474 e. The van der Waals surface area contributed by atoms with Crippen LogP contribution in [0.15, 0.2) is 30.6 Å². The van der Waals surface area contributed by atoms with Gasteiger partial charge in [-0.05, 0) is 25.0 Å². The number of rotatable bonds is 4. The van der Waals surface area contributed by atoms with Crippen LogP contribution >= 0.6 is 0 Å². The van der Waals surface area contributed by atoms with Crippen molar-refractivity contribution in [2.45, 2.75) is 25.2 Å². The minimum atomic E-state index is -0.295. The van der Waals surface area contributed by atoms with E-state index in [0.29, 0.717) is 19.3 Å². The average molecular weight is 273 g/mol. The number of aromatic nitrogens is 3. The molecule has 104 valence electrons. The summed E-state index contributed by atoms with van der Waals surface area (Å²) < 4.78 is 18.4. The maximum Gasteiger partial charge on any atom is 0.218 e. The lowest BCUT2D eigenvalue weighted by Gasteiger charge is -2.10. The Labute approximate surface area is 116 Å². The molecule has 2 aromatic heterocycles. The number of hydrogen-bond acceptors (Lipinski definition) is 5.